The number of hydrogen-bond donors (Lipinski definition) is 1. The molecule has 2 heterocycles. The second-order valence-electron chi connectivity index (χ2n) is 5.74. The zero-order valence-electron chi connectivity index (χ0n) is 13.4. The molecule has 0 bridgehead atoms. The molecule has 2 rings (SSSR count). The standard InChI is InChI=1S/C15H27N5/c1-6-7-13-17-14(16-4)12(3)15(18-13)20-9-8-19(5)10-11(20)2/h11H,6-10H2,1-5H3,(H,16,17,18). The molecule has 1 atom stereocenters. The van der Waals surface area contributed by atoms with Crippen molar-refractivity contribution in [3.63, 3.8) is 0 Å². The monoisotopic (exact) mass is 277 g/mol. The van der Waals surface area contributed by atoms with Crippen molar-refractivity contribution < 1.29 is 0 Å². The van der Waals surface area contributed by atoms with E-state index in [1.54, 1.807) is 0 Å². The van der Waals surface area contributed by atoms with Crippen molar-refractivity contribution in [2.24, 2.45) is 0 Å². The first kappa shape index (κ1) is 15.0. The number of likely N-dealkylation sites (N-methyl/N-ethyl adjacent to an activating group) is 1. The van der Waals surface area contributed by atoms with E-state index >= 15 is 0 Å². The maximum Gasteiger partial charge on any atom is 0.137 e. The zero-order valence-corrected chi connectivity index (χ0v) is 13.4. The van der Waals surface area contributed by atoms with Gasteiger partial charge in [0, 0.05) is 44.7 Å². The number of anilines is 2. The molecule has 1 aromatic heterocycles. The molecule has 0 aromatic carbocycles. The Morgan fingerprint density at radius 1 is 1.30 bits per heavy atom. The largest absolute Gasteiger partial charge is 0.373 e. The fourth-order valence-electron chi connectivity index (χ4n) is 2.86. The molecule has 0 aliphatic carbocycles. The van der Waals surface area contributed by atoms with Crippen molar-refractivity contribution in [2.75, 3.05) is 43.9 Å². The van der Waals surface area contributed by atoms with Crippen LogP contribution in [0.3, 0.4) is 0 Å². The molecule has 1 N–H and O–H groups in total. The van der Waals surface area contributed by atoms with Crippen LogP contribution >= 0.6 is 0 Å². The fraction of sp³-hybridized carbons (Fsp3) is 0.733. The average molecular weight is 277 g/mol. The van der Waals surface area contributed by atoms with Gasteiger partial charge in [0.2, 0.25) is 0 Å². The molecule has 1 aromatic rings. The molecule has 1 unspecified atom stereocenters. The van der Waals surface area contributed by atoms with Gasteiger partial charge >= 0.3 is 0 Å². The van der Waals surface area contributed by atoms with E-state index in [4.69, 9.17) is 4.98 Å². The third kappa shape index (κ3) is 3.03. The third-order valence-electron chi connectivity index (χ3n) is 3.98. The second kappa shape index (κ2) is 6.39. The highest BCUT2D eigenvalue weighted by molar-refractivity contribution is 5.59. The first-order valence-electron chi connectivity index (χ1n) is 7.57. The Morgan fingerprint density at radius 3 is 2.65 bits per heavy atom. The van der Waals surface area contributed by atoms with E-state index in [0.717, 1.165) is 55.5 Å². The van der Waals surface area contributed by atoms with Crippen LogP contribution in [0.15, 0.2) is 0 Å². The van der Waals surface area contributed by atoms with Crippen LogP contribution in [-0.4, -0.2) is 54.6 Å². The van der Waals surface area contributed by atoms with E-state index in [2.05, 4.69) is 47.9 Å². The van der Waals surface area contributed by atoms with Crippen LogP contribution in [0.1, 0.15) is 31.7 Å². The van der Waals surface area contributed by atoms with E-state index in [1.165, 1.54) is 0 Å². The van der Waals surface area contributed by atoms with Crippen LogP contribution in [0.4, 0.5) is 11.6 Å². The number of aryl methyl sites for hydroxylation is 1. The summed E-state index contributed by atoms with van der Waals surface area (Å²) in [4.78, 5) is 14.2. The minimum absolute atomic E-state index is 0.488. The molecule has 112 valence electrons. The zero-order chi connectivity index (χ0) is 14.7. The van der Waals surface area contributed by atoms with Crippen LogP contribution in [0, 0.1) is 6.92 Å². The number of nitrogens with one attached hydrogen (secondary N) is 1. The summed E-state index contributed by atoms with van der Waals surface area (Å²) in [6, 6.07) is 0.488. The van der Waals surface area contributed by atoms with Crippen LogP contribution in [0.5, 0.6) is 0 Å². The van der Waals surface area contributed by atoms with Gasteiger partial charge in [-0.15, -0.1) is 0 Å². The summed E-state index contributed by atoms with van der Waals surface area (Å²) in [6.07, 6.45) is 2.01. The number of nitrogens with zero attached hydrogens (tertiary/aromatic N) is 4. The highest BCUT2D eigenvalue weighted by Crippen LogP contribution is 2.26. The van der Waals surface area contributed by atoms with Crippen LogP contribution in [0.25, 0.3) is 0 Å². The van der Waals surface area contributed by atoms with Gasteiger partial charge < -0.3 is 15.1 Å². The summed E-state index contributed by atoms with van der Waals surface area (Å²) in [5.74, 6) is 3.02. The maximum absolute atomic E-state index is 4.83. The molecule has 1 aliphatic rings. The van der Waals surface area contributed by atoms with Crippen LogP contribution in [-0.2, 0) is 6.42 Å². The SMILES string of the molecule is CCCc1nc(NC)c(C)c(N2CCN(C)CC2C)n1. The molecule has 0 saturated carbocycles. The molecule has 5 nitrogen and oxygen atoms in total. The highest BCUT2D eigenvalue weighted by atomic mass is 15.3. The summed E-state index contributed by atoms with van der Waals surface area (Å²) >= 11 is 0. The van der Waals surface area contributed by atoms with Crippen LogP contribution in [0.2, 0.25) is 0 Å². The van der Waals surface area contributed by atoms with Gasteiger partial charge in [-0.05, 0) is 27.3 Å². The summed E-state index contributed by atoms with van der Waals surface area (Å²) in [5, 5.41) is 3.21. The van der Waals surface area contributed by atoms with Gasteiger partial charge in [0.1, 0.15) is 17.5 Å². The number of hydrogen-bond acceptors (Lipinski definition) is 5. The Hall–Kier alpha value is -1.36. The van der Waals surface area contributed by atoms with Gasteiger partial charge in [0.25, 0.3) is 0 Å². The summed E-state index contributed by atoms with van der Waals surface area (Å²) in [7, 11) is 4.12. The second-order valence-corrected chi connectivity index (χ2v) is 5.74. The minimum atomic E-state index is 0.488. The van der Waals surface area contributed by atoms with Crippen molar-refractivity contribution >= 4 is 11.6 Å². The molecule has 0 spiro atoms. The summed E-state index contributed by atoms with van der Waals surface area (Å²) < 4.78 is 0. The normalized spacial score (nSPS) is 20.2. The lowest BCUT2D eigenvalue weighted by molar-refractivity contribution is 0.274. The lowest BCUT2D eigenvalue weighted by Crippen LogP contribution is -2.51. The van der Waals surface area contributed by atoms with E-state index in [-0.39, 0.29) is 0 Å². The number of aromatic nitrogens is 2. The predicted octanol–water partition coefficient (Wildman–Crippen LogP) is 1.92. The Balaban J connectivity index is 2.36. The van der Waals surface area contributed by atoms with Gasteiger partial charge in [0.15, 0.2) is 0 Å². The van der Waals surface area contributed by atoms with Crippen LogP contribution < -0.4 is 10.2 Å². The minimum Gasteiger partial charge on any atom is -0.373 e. The lowest BCUT2D eigenvalue weighted by atomic mass is 10.1. The third-order valence-corrected chi connectivity index (χ3v) is 3.98. The number of rotatable bonds is 4. The lowest BCUT2D eigenvalue weighted by Gasteiger charge is -2.39. The van der Waals surface area contributed by atoms with Crippen molar-refractivity contribution in [1.82, 2.24) is 14.9 Å². The van der Waals surface area contributed by atoms with Crippen molar-refractivity contribution in [2.45, 2.75) is 39.7 Å². The Labute approximate surface area is 122 Å². The van der Waals surface area contributed by atoms with Gasteiger partial charge in [-0.3, -0.25) is 0 Å². The quantitative estimate of drug-likeness (QED) is 0.911. The van der Waals surface area contributed by atoms with Crippen molar-refractivity contribution in [1.29, 1.82) is 0 Å². The van der Waals surface area contributed by atoms with Gasteiger partial charge in [0.05, 0.1) is 0 Å². The first-order valence-corrected chi connectivity index (χ1v) is 7.57. The molecular weight excluding hydrogens is 250 g/mol. The summed E-state index contributed by atoms with van der Waals surface area (Å²) in [5.41, 5.74) is 1.16. The fourth-order valence-corrected chi connectivity index (χ4v) is 2.86. The van der Waals surface area contributed by atoms with E-state index < -0.39 is 0 Å². The Kier molecular flexibility index (Phi) is 4.81. The Morgan fingerprint density at radius 2 is 2.05 bits per heavy atom. The molecule has 5 heteroatoms. The van der Waals surface area contributed by atoms with Gasteiger partial charge in [-0.1, -0.05) is 6.92 Å². The van der Waals surface area contributed by atoms with Gasteiger partial charge in [-0.25, -0.2) is 9.97 Å². The van der Waals surface area contributed by atoms with Crippen molar-refractivity contribution in [3.8, 4) is 0 Å². The van der Waals surface area contributed by atoms with E-state index in [9.17, 15) is 0 Å². The van der Waals surface area contributed by atoms with E-state index in [1.807, 2.05) is 7.05 Å². The molecule has 20 heavy (non-hydrogen) atoms. The highest BCUT2D eigenvalue weighted by Gasteiger charge is 2.25. The topological polar surface area (TPSA) is 44.3 Å². The molecule has 1 fully saturated rings. The molecule has 0 radical (unpaired) electrons. The van der Waals surface area contributed by atoms with Crippen molar-refractivity contribution in [3.05, 3.63) is 11.4 Å². The first-order chi connectivity index (χ1) is 9.56. The Bertz CT molecular complexity index is 460. The average Bonchev–Trinajstić information content (AvgIpc) is 2.41. The predicted molar refractivity (Wildman–Crippen MR) is 84.6 cm³/mol. The molecule has 0 amide bonds. The number of piperazine rings is 1. The summed E-state index contributed by atoms with van der Waals surface area (Å²) in [6.45, 7) is 9.76. The maximum atomic E-state index is 4.83. The smallest absolute Gasteiger partial charge is 0.137 e. The molecule has 1 aliphatic heterocycles. The molecular formula is C15H27N5. The molecule has 1 saturated heterocycles. The van der Waals surface area contributed by atoms with E-state index in [0.29, 0.717) is 6.04 Å². The van der Waals surface area contributed by atoms with Gasteiger partial charge in [-0.2, -0.15) is 0 Å².